The number of likely N-dealkylation sites (N-methyl/N-ethyl adjacent to an activating group) is 1. The van der Waals surface area contributed by atoms with Crippen LogP contribution in [0.2, 0.25) is 0 Å². The number of benzene rings is 1. The summed E-state index contributed by atoms with van der Waals surface area (Å²) < 4.78 is 0. The SMILES string of the molecule is CCN1C(=O)CCCC(N)C1c1ccc2ncccc2c1. The molecule has 1 saturated heterocycles. The molecule has 0 saturated carbocycles. The van der Waals surface area contributed by atoms with Gasteiger partial charge < -0.3 is 10.6 Å². The molecule has 1 aliphatic rings. The number of carbonyl (C=O) groups excluding carboxylic acids is 1. The molecule has 110 valence electrons. The Hall–Kier alpha value is -1.94. The molecule has 1 aromatic carbocycles. The predicted octanol–water partition coefficient (Wildman–Crippen LogP) is 2.64. The van der Waals surface area contributed by atoms with E-state index in [1.807, 2.05) is 30.0 Å². The van der Waals surface area contributed by atoms with E-state index in [4.69, 9.17) is 5.73 Å². The molecule has 1 fully saturated rings. The first-order chi connectivity index (χ1) is 10.2. The summed E-state index contributed by atoms with van der Waals surface area (Å²) in [7, 11) is 0. The number of amides is 1. The van der Waals surface area contributed by atoms with Gasteiger partial charge in [-0.1, -0.05) is 12.1 Å². The highest BCUT2D eigenvalue weighted by molar-refractivity contribution is 5.80. The van der Waals surface area contributed by atoms with Gasteiger partial charge in [0.05, 0.1) is 11.6 Å². The van der Waals surface area contributed by atoms with Crippen LogP contribution in [0.25, 0.3) is 10.9 Å². The second-order valence-electron chi connectivity index (χ2n) is 5.64. The Kier molecular flexibility index (Phi) is 3.88. The molecule has 0 bridgehead atoms. The van der Waals surface area contributed by atoms with Crippen LogP contribution >= 0.6 is 0 Å². The zero-order valence-corrected chi connectivity index (χ0v) is 12.3. The van der Waals surface area contributed by atoms with Crippen LogP contribution < -0.4 is 5.73 Å². The summed E-state index contributed by atoms with van der Waals surface area (Å²) in [4.78, 5) is 18.6. The molecule has 1 aliphatic heterocycles. The zero-order valence-electron chi connectivity index (χ0n) is 12.3. The summed E-state index contributed by atoms with van der Waals surface area (Å²) >= 11 is 0. The number of fused-ring (bicyclic) bond motifs is 1. The molecule has 1 aromatic heterocycles. The Balaban J connectivity index is 2.05. The van der Waals surface area contributed by atoms with Gasteiger partial charge in [-0.2, -0.15) is 0 Å². The first-order valence-electron chi connectivity index (χ1n) is 7.60. The third kappa shape index (κ3) is 2.63. The fraction of sp³-hybridized carbons (Fsp3) is 0.412. The van der Waals surface area contributed by atoms with E-state index in [-0.39, 0.29) is 18.0 Å². The van der Waals surface area contributed by atoms with E-state index in [2.05, 4.69) is 17.1 Å². The van der Waals surface area contributed by atoms with E-state index >= 15 is 0 Å². The summed E-state index contributed by atoms with van der Waals surface area (Å²) in [5, 5.41) is 1.09. The van der Waals surface area contributed by atoms with Crippen LogP contribution in [-0.2, 0) is 4.79 Å². The number of carbonyl (C=O) groups is 1. The molecule has 0 radical (unpaired) electrons. The van der Waals surface area contributed by atoms with Crippen LogP contribution in [0.5, 0.6) is 0 Å². The van der Waals surface area contributed by atoms with Gasteiger partial charge in [0.1, 0.15) is 0 Å². The minimum absolute atomic E-state index is 0.00878. The fourth-order valence-corrected chi connectivity index (χ4v) is 3.25. The van der Waals surface area contributed by atoms with Crippen molar-refractivity contribution >= 4 is 16.8 Å². The number of aromatic nitrogens is 1. The number of nitrogens with two attached hydrogens (primary N) is 1. The van der Waals surface area contributed by atoms with Gasteiger partial charge in [0.15, 0.2) is 0 Å². The quantitative estimate of drug-likeness (QED) is 0.921. The maximum absolute atomic E-state index is 12.3. The molecule has 0 aliphatic carbocycles. The molecule has 0 spiro atoms. The Bertz CT molecular complexity index is 655. The van der Waals surface area contributed by atoms with Crippen LogP contribution in [0, 0.1) is 0 Å². The molecular weight excluding hydrogens is 262 g/mol. The standard InChI is InChI=1S/C17H21N3O/c1-2-20-16(21)7-3-6-14(18)17(20)13-8-9-15-12(11-13)5-4-10-19-15/h4-5,8-11,14,17H,2-3,6-7,18H2,1H3. The number of pyridine rings is 1. The predicted molar refractivity (Wildman–Crippen MR) is 83.7 cm³/mol. The Morgan fingerprint density at radius 3 is 3.05 bits per heavy atom. The number of rotatable bonds is 2. The third-order valence-corrected chi connectivity index (χ3v) is 4.30. The van der Waals surface area contributed by atoms with Gasteiger partial charge in [-0.05, 0) is 43.5 Å². The van der Waals surface area contributed by atoms with Gasteiger partial charge in [-0.25, -0.2) is 0 Å². The van der Waals surface area contributed by atoms with Crippen molar-refractivity contribution in [3.63, 3.8) is 0 Å². The van der Waals surface area contributed by atoms with E-state index in [0.29, 0.717) is 13.0 Å². The molecule has 2 heterocycles. The highest BCUT2D eigenvalue weighted by Gasteiger charge is 2.31. The zero-order chi connectivity index (χ0) is 14.8. The van der Waals surface area contributed by atoms with Crippen molar-refractivity contribution in [3.05, 3.63) is 42.1 Å². The van der Waals surface area contributed by atoms with Gasteiger partial charge in [0, 0.05) is 30.6 Å². The minimum atomic E-state index is -0.0328. The summed E-state index contributed by atoms with van der Waals surface area (Å²) in [6, 6.07) is 10.1. The van der Waals surface area contributed by atoms with Crippen molar-refractivity contribution < 1.29 is 4.79 Å². The highest BCUT2D eigenvalue weighted by atomic mass is 16.2. The molecule has 4 nitrogen and oxygen atoms in total. The van der Waals surface area contributed by atoms with E-state index < -0.39 is 0 Å². The van der Waals surface area contributed by atoms with Crippen LogP contribution in [0.4, 0.5) is 0 Å². The number of hydrogen-bond donors (Lipinski definition) is 1. The van der Waals surface area contributed by atoms with E-state index in [1.165, 1.54) is 0 Å². The Morgan fingerprint density at radius 2 is 2.24 bits per heavy atom. The smallest absolute Gasteiger partial charge is 0.223 e. The van der Waals surface area contributed by atoms with Crippen molar-refractivity contribution in [2.45, 2.75) is 38.3 Å². The van der Waals surface area contributed by atoms with Gasteiger partial charge in [0.2, 0.25) is 5.91 Å². The summed E-state index contributed by atoms with van der Waals surface area (Å²) in [6.07, 6.45) is 4.16. The maximum atomic E-state index is 12.3. The maximum Gasteiger partial charge on any atom is 0.223 e. The van der Waals surface area contributed by atoms with E-state index in [0.717, 1.165) is 29.3 Å². The number of nitrogens with zero attached hydrogens (tertiary/aromatic N) is 2. The minimum Gasteiger partial charge on any atom is -0.334 e. The van der Waals surface area contributed by atoms with Gasteiger partial charge in [0.25, 0.3) is 0 Å². The average Bonchev–Trinajstić information content (AvgIpc) is 2.65. The van der Waals surface area contributed by atoms with Crippen molar-refractivity contribution in [3.8, 4) is 0 Å². The lowest BCUT2D eigenvalue weighted by Gasteiger charge is -2.33. The van der Waals surface area contributed by atoms with Crippen LogP contribution in [-0.4, -0.2) is 28.4 Å². The molecule has 2 aromatic rings. The second kappa shape index (κ2) is 5.82. The molecule has 21 heavy (non-hydrogen) atoms. The average molecular weight is 283 g/mol. The Morgan fingerprint density at radius 1 is 1.38 bits per heavy atom. The van der Waals surface area contributed by atoms with Gasteiger partial charge in [-0.3, -0.25) is 9.78 Å². The lowest BCUT2D eigenvalue weighted by atomic mass is 9.95. The lowest BCUT2D eigenvalue weighted by Crippen LogP contribution is -2.42. The van der Waals surface area contributed by atoms with Gasteiger partial charge >= 0.3 is 0 Å². The van der Waals surface area contributed by atoms with Crippen molar-refractivity contribution in [2.75, 3.05) is 6.54 Å². The number of likely N-dealkylation sites (tertiary alicyclic amines) is 1. The van der Waals surface area contributed by atoms with E-state index in [9.17, 15) is 4.79 Å². The number of hydrogen-bond acceptors (Lipinski definition) is 3. The molecule has 2 atom stereocenters. The summed E-state index contributed by atoms with van der Waals surface area (Å²) in [6.45, 7) is 2.72. The van der Waals surface area contributed by atoms with Crippen LogP contribution in [0.15, 0.2) is 36.5 Å². The monoisotopic (exact) mass is 283 g/mol. The first-order valence-corrected chi connectivity index (χ1v) is 7.60. The van der Waals surface area contributed by atoms with Crippen molar-refractivity contribution in [1.82, 2.24) is 9.88 Å². The molecular formula is C17H21N3O. The molecule has 3 rings (SSSR count). The normalized spacial score (nSPS) is 23.3. The fourth-order valence-electron chi connectivity index (χ4n) is 3.25. The van der Waals surface area contributed by atoms with Crippen molar-refractivity contribution in [2.24, 2.45) is 5.73 Å². The highest BCUT2D eigenvalue weighted by Crippen LogP contribution is 2.31. The molecule has 2 N–H and O–H groups in total. The van der Waals surface area contributed by atoms with Crippen molar-refractivity contribution in [1.29, 1.82) is 0 Å². The Labute approximate surface area is 125 Å². The largest absolute Gasteiger partial charge is 0.334 e. The van der Waals surface area contributed by atoms with Crippen LogP contribution in [0.3, 0.4) is 0 Å². The lowest BCUT2D eigenvalue weighted by molar-refractivity contribution is -0.133. The van der Waals surface area contributed by atoms with Crippen LogP contribution in [0.1, 0.15) is 37.8 Å². The second-order valence-corrected chi connectivity index (χ2v) is 5.64. The molecule has 2 unspecified atom stereocenters. The van der Waals surface area contributed by atoms with E-state index in [1.54, 1.807) is 6.20 Å². The summed E-state index contributed by atoms with van der Waals surface area (Å²) in [5.41, 5.74) is 8.46. The summed E-state index contributed by atoms with van der Waals surface area (Å²) in [5.74, 6) is 0.210. The van der Waals surface area contributed by atoms with Gasteiger partial charge in [-0.15, -0.1) is 0 Å². The molecule has 1 amide bonds. The third-order valence-electron chi connectivity index (χ3n) is 4.30. The first kappa shape index (κ1) is 14.0. The molecule has 4 heteroatoms. The topological polar surface area (TPSA) is 59.2 Å².